The number of nitrogens with zero attached hydrogens (tertiary/aromatic N) is 4. The summed E-state index contributed by atoms with van der Waals surface area (Å²) in [6.45, 7) is 14.2. The molecule has 1 aromatic carbocycles. The van der Waals surface area contributed by atoms with E-state index in [1.54, 1.807) is 0 Å². The van der Waals surface area contributed by atoms with Gasteiger partial charge < -0.3 is 20.4 Å². The first kappa shape index (κ1) is 26.2. The van der Waals surface area contributed by atoms with E-state index in [4.69, 9.17) is 11.6 Å². The van der Waals surface area contributed by atoms with Crippen molar-refractivity contribution in [1.29, 1.82) is 0 Å². The molecule has 2 fully saturated rings. The lowest BCUT2D eigenvalue weighted by molar-refractivity contribution is 0.221. The van der Waals surface area contributed by atoms with Crippen LogP contribution in [0, 0.1) is 0 Å². The van der Waals surface area contributed by atoms with Crippen molar-refractivity contribution in [2.45, 2.75) is 32.4 Å². The van der Waals surface area contributed by atoms with E-state index in [2.05, 4.69) is 56.9 Å². The van der Waals surface area contributed by atoms with Crippen molar-refractivity contribution in [3.8, 4) is 0 Å². The molecule has 2 aliphatic heterocycles. The van der Waals surface area contributed by atoms with Gasteiger partial charge in [-0.3, -0.25) is 9.89 Å². The first-order valence-corrected chi connectivity index (χ1v) is 11.4. The summed E-state index contributed by atoms with van der Waals surface area (Å²) in [5.41, 5.74) is 3.60. The van der Waals surface area contributed by atoms with Crippen molar-refractivity contribution in [1.82, 2.24) is 20.4 Å². The summed E-state index contributed by atoms with van der Waals surface area (Å²) < 4.78 is 0. The van der Waals surface area contributed by atoms with E-state index in [0.29, 0.717) is 12.6 Å². The second kappa shape index (κ2) is 12.9. The van der Waals surface area contributed by atoms with Gasteiger partial charge in [-0.25, -0.2) is 0 Å². The molecule has 0 bridgehead atoms. The number of guanidine groups is 1. The molecule has 0 aliphatic carbocycles. The standard InChI is InChI=1S/C23H37ClN6.HI/c1-18(2)17-29-10-8-19(9-11-29)27-23(25-3)26-16-20-21(24)6-5-7-22(20)30-14-12-28(4)13-15-30;/h5-7,19H,1,8-17H2,2-4H3,(H2,25,26,27);1H. The monoisotopic (exact) mass is 560 g/mol. The molecular formula is C23H38ClIN6. The molecule has 0 unspecified atom stereocenters. The summed E-state index contributed by atoms with van der Waals surface area (Å²) in [5.74, 6) is 0.845. The Balaban J connectivity index is 0.00000341. The minimum Gasteiger partial charge on any atom is -0.369 e. The van der Waals surface area contributed by atoms with Crippen LogP contribution in [-0.4, -0.2) is 81.7 Å². The molecule has 0 aromatic heterocycles. The lowest BCUT2D eigenvalue weighted by Gasteiger charge is -2.35. The van der Waals surface area contributed by atoms with Gasteiger partial charge in [0.25, 0.3) is 0 Å². The van der Waals surface area contributed by atoms with E-state index in [9.17, 15) is 0 Å². The number of likely N-dealkylation sites (N-methyl/N-ethyl adjacent to an activating group) is 1. The van der Waals surface area contributed by atoms with E-state index in [0.717, 1.165) is 75.2 Å². The third-order valence-corrected chi connectivity index (χ3v) is 6.37. The summed E-state index contributed by atoms with van der Waals surface area (Å²) in [5, 5.41) is 7.90. The van der Waals surface area contributed by atoms with Crippen molar-refractivity contribution in [2.24, 2.45) is 4.99 Å². The van der Waals surface area contributed by atoms with Crippen LogP contribution in [0.1, 0.15) is 25.3 Å². The van der Waals surface area contributed by atoms with Crippen molar-refractivity contribution in [3.05, 3.63) is 40.9 Å². The van der Waals surface area contributed by atoms with Crippen LogP contribution < -0.4 is 15.5 Å². The van der Waals surface area contributed by atoms with Gasteiger partial charge in [0, 0.05) is 81.7 Å². The molecule has 2 heterocycles. The number of halogens is 2. The summed E-state index contributed by atoms with van der Waals surface area (Å²) in [7, 11) is 4.01. The maximum Gasteiger partial charge on any atom is 0.191 e. The summed E-state index contributed by atoms with van der Waals surface area (Å²) >= 11 is 6.60. The number of benzene rings is 1. The highest BCUT2D eigenvalue weighted by Crippen LogP contribution is 2.28. The number of hydrogen-bond acceptors (Lipinski definition) is 4. The van der Waals surface area contributed by atoms with Gasteiger partial charge in [0.05, 0.1) is 0 Å². The van der Waals surface area contributed by atoms with Crippen molar-refractivity contribution < 1.29 is 0 Å². The van der Waals surface area contributed by atoms with Crippen LogP contribution in [0.5, 0.6) is 0 Å². The number of aliphatic imine (C=N–C) groups is 1. The molecule has 2 saturated heterocycles. The van der Waals surface area contributed by atoms with Crippen LogP contribution >= 0.6 is 35.6 Å². The maximum atomic E-state index is 6.60. The molecule has 0 amide bonds. The number of hydrogen-bond donors (Lipinski definition) is 2. The molecule has 3 rings (SSSR count). The number of rotatable bonds is 6. The van der Waals surface area contributed by atoms with Gasteiger partial charge in [-0.15, -0.1) is 24.0 Å². The molecule has 0 saturated carbocycles. The summed E-state index contributed by atoms with van der Waals surface area (Å²) in [4.78, 5) is 11.7. The van der Waals surface area contributed by atoms with Crippen LogP contribution in [0.4, 0.5) is 5.69 Å². The summed E-state index contributed by atoms with van der Waals surface area (Å²) in [6.07, 6.45) is 2.24. The minimum absolute atomic E-state index is 0. The molecule has 6 nitrogen and oxygen atoms in total. The van der Waals surface area contributed by atoms with Gasteiger partial charge in [-0.05, 0) is 38.9 Å². The van der Waals surface area contributed by atoms with Crippen LogP contribution in [0.2, 0.25) is 5.02 Å². The van der Waals surface area contributed by atoms with Crippen molar-refractivity contribution >= 4 is 47.2 Å². The smallest absolute Gasteiger partial charge is 0.191 e. The lowest BCUT2D eigenvalue weighted by Crippen LogP contribution is -2.49. The lowest BCUT2D eigenvalue weighted by atomic mass is 10.0. The quantitative estimate of drug-likeness (QED) is 0.242. The Hall–Kier alpha value is -1.03. The molecule has 174 valence electrons. The fourth-order valence-corrected chi connectivity index (χ4v) is 4.48. The van der Waals surface area contributed by atoms with Crippen LogP contribution in [0.15, 0.2) is 35.3 Å². The SMILES string of the molecule is C=C(C)CN1CCC(NC(=NC)NCc2c(Cl)cccc2N2CCN(C)CC2)CC1.I. The Labute approximate surface area is 210 Å². The molecule has 0 atom stereocenters. The van der Waals surface area contributed by atoms with E-state index in [-0.39, 0.29) is 24.0 Å². The molecule has 2 N–H and O–H groups in total. The van der Waals surface area contributed by atoms with Gasteiger partial charge in [-0.1, -0.05) is 29.8 Å². The number of nitrogens with one attached hydrogen (secondary N) is 2. The van der Waals surface area contributed by atoms with E-state index >= 15 is 0 Å². The largest absolute Gasteiger partial charge is 0.369 e. The molecule has 8 heteroatoms. The predicted octanol–water partition coefficient (Wildman–Crippen LogP) is 3.42. The molecule has 1 aromatic rings. The van der Waals surface area contributed by atoms with Gasteiger partial charge in [-0.2, -0.15) is 0 Å². The minimum atomic E-state index is 0. The highest BCUT2D eigenvalue weighted by Gasteiger charge is 2.21. The number of likely N-dealkylation sites (tertiary alicyclic amines) is 1. The second-order valence-electron chi connectivity index (χ2n) is 8.61. The Bertz CT molecular complexity index is 740. The third-order valence-electron chi connectivity index (χ3n) is 6.02. The number of piperidine rings is 1. The number of anilines is 1. The average molecular weight is 561 g/mol. The molecule has 0 radical (unpaired) electrons. The van der Waals surface area contributed by atoms with Gasteiger partial charge in [0.15, 0.2) is 5.96 Å². The Morgan fingerprint density at radius 2 is 1.84 bits per heavy atom. The van der Waals surface area contributed by atoms with E-state index < -0.39 is 0 Å². The Kier molecular flexibility index (Phi) is 10.9. The van der Waals surface area contributed by atoms with Gasteiger partial charge in [0.1, 0.15) is 0 Å². The molecule has 2 aliphatic rings. The zero-order valence-electron chi connectivity index (χ0n) is 19.2. The molecular weight excluding hydrogens is 523 g/mol. The second-order valence-corrected chi connectivity index (χ2v) is 9.01. The van der Waals surface area contributed by atoms with Crippen molar-refractivity contribution in [3.63, 3.8) is 0 Å². The van der Waals surface area contributed by atoms with Crippen molar-refractivity contribution in [2.75, 3.05) is 64.8 Å². The average Bonchev–Trinajstić information content (AvgIpc) is 2.73. The maximum absolute atomic E-state index is 6.60. The highest BCUT2D eigenvalue weighted by molar-refractivity contribution is 14.0. The first-order chi connectivity index (χ1) is 14.5. The van der Waals surface area contributed by atoms with E-state index in [1.807, 2.05) is 19.2 Å². The zero-order chi connectivity index (χ0) is 21.5. The third kappa shape index (κ3) is 7.80. The van der Waals surface area contributed by atoms with Gasteiger partial charge in [0.2, 0.25) is 0 Å². The Morgan fingerprint density at radius 1 is 1.16 bits per heavy atom. The normalized spacial score (nSPS) is 19.1. The Morgan fingerprint density at radius 3 is 2.45 bits per heavy atom. The fraction of sp³-hybridized carbons (Fsp3) is 0.609. The van der Waals surface area contributed by atoms with Crippen LogP contribution in [-0.2, 0) is 6.54 Å². The topological polar surface area (TPSA) is 46.1 Å². The van der Waals surface area contributed by atoms with E-state index in [1.165, 1.54) is 11.3 Å². The summed E-state index contributed by atoms with van der Waals surface area (Å²) in [6, 6.07) is 6.65. The van der Waals surface area contributed by atoms with Gasteiger partial charge >= 0.3 is 0 Å². The fourth-order valence-electron chi connectivity index (χ4n) is 4.24. The molecule has 31 heavy (non-hydrogen) atoms. The molecule has 0 spiro atoms. The highest BCUT2D eigenvalue weighted by atomic mass is 127. The number of piperazine rings is 1. The van der Waals surface area contributed by atoms with Crippen LogP contribution in [0.3, 0.4) is 0 Å². The predicted molar refractivity (Wildman–Crippen MR) is 144 cm³/mol. The first-order valence-electron chi connectivity index (χ1n) is 11.0. The zero-order valence-corrected chi connectivity index (χ0v) is 22.2. The van der Waals surface area contributed by atoms with Crippen LogP contribution in [0.25, 0.3) is 0 Å².